The van der Waals surface area contributed by atoms with E-state index in [1.807, 2.05) is 0 Å². The van der Waals surface area contributed by atoms with Gasteiger partial charge >= 0.3 is 0 Å². The van der Waals surface area contributed by atoms with Crippen LogP contribution < -0.4 is 10.6 Å². The fourth-order valence-electron chi connectivity index (χ4n) is 0.983. The molecular formula is C10H11BrClN3O. The molecule has 6 heteroatoms. The minimum absolute atomic E-state index is 0.141. The molecule has 0 saturated heterocycles. The Morgan fingerprint density at radius 3 is 3.06 bits per heavy atom. The number of pyridine rings is 1. The number of anilines is 1. The van der Waals surface area contributed by atoms with Crippen molar-refractivity contribution in [3.63, 3.8) is 0 Å². The van der Waals surface area contributed by atoms with Crippen LogP contribution in [-0.2, 0) is 4.79 Å². The Morgan fingerprint density at radius 2 is 2.44 bits per heavy atom. The summed E-state index contributed by atoms with van der Waals surface area (Å²) in [7, 11) is 0. The zero-order valence-corrected chi connectivity index (χ0v) is 10.8. The minimum atomic E-state index is -0.141. The maximum Gasteiger partial charge on any atom is 0.238 e. The lowest BCUT2D eigenvalue weighted by atomic mass is 10.4. The van der Waals surface area contributed by atoms with Crippen molar-refractivity contribution in [3.8, 4) is 0 Å². The number of halogens is 2. The summed E-state index contributed by atoms with van der Waals surface area (Å²) in [5.74, 6) is -0.141. The van der Waals surface area contributed by atoms with Crippen LogP contribution >= 0.6 is 27.5 Å². The molecule has 1 heterocycles. The Hall–Kier alpha value is -0.910. The van der Waals surface area contributed by atoms with Crippen molar-refractivity contribution in [2.45, 2.75) is 0 Å². The number of nitrogens with zero attached hydrogens (tertiary/aromatic N) is 1. The lowest BCUT2D eigenvalue weighted by molar-refractivity contribution is -0.115. The monoisotopic (exact) mass is 303 g/mol. The van der Waals surface area contributed by atoms with Gasteiger partial charge in [0.2, 0.25) is 5.91 Å². The van der Waals surface area contributed by atoms with Gasteiger partial charge in [0.25, 0.3) is 0 Å². The largest absolute Gasteiger partial charge is 0.324 e. The first kappa shape index (κ1) is 13.2. The van der Waals surface area contributed by atoms with Gasteiger partial charge in [-0.1, -0.05) is 17.7 Å². The Balaban J connectivity index is 2.49. The molecular weight excluding hydrogens is 293 g/mol. The second-order valence-electron chi connectivity index (χ2n) is 2.96. The van der Waals surface area contributed by atoms with E-state index < -0.39 is 0 Å². The Kier molecular flexibility index (Phi) is 5.45. The van der Waals surface area contributed by atoms with E-state index in [2.05, 4.69) is 38.1 Å². The van der Waals surface area contributed by atoms with E-state index >= 15 is 0 Å². The lowest BCUT2D eigenvalue weighted by Gasteiger charge is -2.05. The molecule has 0 bridgehead atoms. The number of hydrogen-bond acceptors (Lipinski definition) is 3. The zero-order chi connectivity index (χ0) is 12.0. The van der Waals surface area contributed by atoms with Gasteiger partial charge in [0.15, 0.2) is 0 Å². The first-order valence-electron chi connectivity index (χ1n) is 4.56. The fraction of sp³-hybridized carbons (Fsp3) is 0.200. The molecule has 1 aromatic heterocycles. The average Bonchev–Trinajstić information content (AvgIpc) is 2.24. The normalized spacial score (nSPS) is 9.88. The maximum absolute atomic E-state index is 11.4. The molecule has 2 N–H and O–H groups in total. The van der Waals surface area contributed by atoms with Gasteiger partial charge in [-0.05, 0) is 22.0 Å². The van der Waals surface area contributed by atoms with Gasteiger partial charge in [-0.2, -0.15) is 0 Å². The van der Waals surface area contributed by atoms with Gasteiger partial charge in [0, 0.05) is 6.54 Å². The molecule has 0 aromatic carbocycles. The van der Waals surface area contributed by atoms with Crippen LogP contribution in [0.4, 0.5) is 5.69 Å². The predicted octanol–water partition coefficient (Wildman–Crippen LogP) is 2.21. The number of carbonyl (C=O) groups excluding carboxylic acids is 1. The highest BCUT2D eigenvalue weighted by Gasteiger charge is 2.04. The first-order valence-corrected chi connectivity index (χ1v) is 5.73. The maximum atomic E-state index is 11.4. The number of aromatic nitrogens is 1. The molecule has 0 unspecified atom stereocenters. The summed E-state index contributed by atoms with van der Waals surface area (Å²) in [6.07, 6.45) is 3.19. The molecule has 0 fully saturated rings. The summed E-state index contributed by atoms with van der Waals surface area (Å²) in [6, 6.07) is 1.70. The highest BCUT2D eigenvalue weighted by Crippen LogP contribution is 2.22. The quantitative estimate of drug-likeness (QED) is 0.498. The van der Waals surface area contributed by atoms with Crippen molar-refractivity contribution in [1.82, 2.24) is 10.3 Å². The SMILES string of the molecule is C=CCNCC(=O)Nc1cnc(Cl)c(Br)c1. The van der Waals surface area contributed by atoms with Crippen molar-refractivity contribution in [3.05, 3.63) is 34.5 Å². The van der Waals surface area contributed by atoms with Crippen LogP contribution in [0.2, 0.25) is 5.15 Å². The summed E-state index contributed by atoms with van der Waals surface area (Å²) in [4.78, 5) is 15.3. The third-order valence-corrected chi connectivity index (χ3v) is 2.79. The minimum Gasteiger partial charge on any atom is -0.324 e. The van der Waals surface area contributed by atoms with E-state index in [9.17, 15) is 4.79 Å². The van der Waals surface area contributed by atoms with Crippen molar-refractivity contribution in [1.29, 1.82) is 0 Å². The predicted molar refractivity (Wildman–Crippen MR) is 68.6 cm³/mol. The second kappa shape index (κ2) is 6.62. The molecule has 0 spiro atoms. The Labute approximate surface area is 107 Å². The number of carbonyl (C=O) groups is 1. The highest BCUT2D eigenvalue weighted by molar-refractivity contribution is 9.10. The molecule has 4 nitrogen and oxygen atoms in total. The highest BCUT2D eigenvalue weighted by atomic mass is 79.9. The summed E-state index contributed by atoms with van der Waals surface area (Å²) >= 11 is 8.95. The number of rotatable bonds is 5. The molecule has 1 aromatic rings. The number of amides is 1. The van der Waals surface area contributed by atoms with Crippen molar-refractivity contribution in [2.75, 3.05) is 18.4 Å². The first-order chi connectivity index (χ1) is 7.63. The van der Waals surface area contributed by atoms with E-state index in [4.69, 9.17) is 11.6 Å². The topological polar surface area (TPSA) is 54.0 Å². The molecule has 0 radical (unpaired) electrons. The van der Waals surface area contributed by atoms with Gasteiger partial charge in [0.05, 0.1) is 22.9 Å². The molecule has 0 atom stereocenters. The van der Waals surface area contributed by atoms with Crippen LogP contribution in [0.3, 0.4) is 0 Å². The second-order valence-corrected chi connectivity index (χ2v) is 4.18. The molecule has 1 amide bonds. The summed E-state index contributed by atoms with van der Waals surface area (Å²) in [5.41, 5.74) is 0.599. The smallest absolute Gasteiger partial charge is 0.238 e. The van der Waals surface area contributed by atoms with Gasteiger partial charge in [-0.15, -0.1) is 6.58 Å². The standard InChI is InChI=1S/C10H11BrClN3O/c1-2-3-13-6-9(16)15-7-4-8(11)10(12)14-5-7/h2,4-5,13H,1,3,6H2,(H,15,16). The van der Waals surface area contributed by atoms with E-state index in [0.29, 0.717) is 21.9 Å². The zero-order valence-electron chi connectivity index (χ0n) is 8.46. The summed E-state index contributed by atoms with van der Waals surface area (Å²) < 4.78 is 0.644. The molecule has 86 valence electrons. The number of hydrogen-bond donors (Lipinski definition) is 2. The summed E-state index contributed by atoms with van der Waals surface area (Å²) in [6.45, 7) is 4.36. The Morgan fingerprint density at radius 1 is 1.69 bits per heavy atom. The van der Waals surface area contributed by atoms with Gasteiger partial charge in [0.1, 0.15) is 5.15 Å². The van der Waals surface area contributed by atoms with Gasteiger partial charge in [-0.25, -0.2) is 4.98 Å². The van der Waals surface area contributed by atoms with E-state index in [1.54, 1.807) is 12.1 Å². The van der Waals surface area contributed by atoms with Crippen LogP contribution in [-0.4, -0.2) is 24.0 Å². The van der Waals surface area contributed by atoms with E-state index in [1.165, 1.54) is 6.20 Å². The van der Waals surface area contributed by atoms with Crippen LogP contribution in [0.15, 0.2) is 29.4 Å². The Bertz CT molecular complexity index is 398. The van der Waals surface area contributed by atoms with Crippen molar-refractivity contribution < 1.29 is 4.79 Å². The fourth-order valence-corrected chi connectivity index (χ4v) is 1.43. The average molecular weight is 305 g/mol. The van der Waals surface area contributed by atoms with Crippen LogP contribution in [0.25, 0.3) is 0 Å². The molecule has 16 heavy (non-hydrogen) atoms. The van der Waals surface area contributed by atoms with Crippen molar-refractivity contribution >= 4 is 39.1 Å². The van der Waals surface area contributed by atoms with Gasteiger partial charge in [-0.3, -0.25) is 4.79 Å². The van der Waals surface area contributed by atoms with E-state index in [0.717, 1.165) is 0 Å². The molecule has 1 rings (SSSR count). The van der Waals surface area contributed by atoms with Gasteiger partial charge < -0.3 is 10.6 Å². The van der Waals surface area contributed by atoms with Crippen LogP contribution in [0.5, 0.6) is 0 Å². The van der Waals surface area contributed by atoms with Crippen LogP contribution in [0, 0.1) is 0 Å². The molecule has 0 saturated carbocycles. The molecule has 0 aliphatic heterocycles. The van der Waals surface area contributed by atoms with Crippen LogP contribution in [0.1, 0.15) is 0 Å². The number of nitrogens with one attached hydrogen (secondary N) is 2. The molecule has 0 aliphatic rings. The van der Waals surface area contributed by atoms with E-state index in [-0.39, 0.29) is 12.5 Å². The van der Waals surface area contributed by atoms with Crippen molar-refractivity contribution in [2.24, 2.45) is 0 Å². The summed E-state index contributed by atoms with van der Waals surface area (Å²) in [5, 5.41) is 5.94. The lowest BCUT2D eigenvalue weighted by Crippen LogP contribution is -2.28. The third kappa shape index (κ3) is 4.30. The third-order valence-electron chi connectivity index (χ3n) is 1.65. The molecule has 0 aliphatic carbocycles.